The highest BCUT2D eigenvalue weighted by Gasteiger charge is 2.24. The van der Waals surface area contributed by atoms with Gasteiger partial charge in [-0.15, -0.1) is 0 Å². The van der Waals surface area contributed by atoms with Gasteiger partial charge in [0.2, 0.25) is 0 Å². The fraction of sp³-hybridized carbons (Fsp3) is 0.0833. The van der Waals surface area contributed by atoms with Crippen LogP contribution in [0.25, 0.3) is 10.8 Å². The summed E-state index contributed by atoms with van der Waals surface area (Å²) in [5.41, 5.74) is 1.20. The number of hydrogen-bond acceptors (Lipinski definition) is 3. The molecular weight excluding hydrogens is 238 g/mol. The van der Waals surface area contributed by atoms with Gasteiger partial charge in [-0.2, -0.15) is 0 Å². The van der Waals surface area contributed by atoms with Crippen molar-refractivity contribution in [3.8, 4) is 0 Å². The summed E-state index contributed by atoms with van der Waals surface area (Å²) in [4.78, 5) is 11.9. The number of amides is 1. The summed E-state index contributed by atoms with van der Waals surface area (Å²) in [5, 5.41) is 4.01. The van der Waals surface area contributed by atoms with Crippen LogP contribution < -0.4 is 5.32 Å². The van der Waals surface area contributed by atoms with Crippen molar-refractivity contribution in [3.63, 3.8) is 0 Å². The predicted molar refractivity (Wildman–Crippen MR) is 65.0 cm³/mol. The van der Waals surface area contributed by atoms with E-state index in [1.165, 1.54) is 12.3 Å². The van der Waals surface area contributed by atoms with Gasteiger partial charge in [0.15, 0.2) is 9.84 Å². The van der Waals surface area contributed by atoms with E-state index in [-0.39, 0.29) is 10.8 Å². The maximum Gasteiger partial charge on any atom is 0.256 e. The number of anilines is 1. The van der Waals surface area contributed by atoms with Gasteiger partial charge in [-0.05, 0) is 18.2 Å². The zero-order valence-corrected chi connectivity index (χ0v) is 9.84. The molecule has 1 aliphatic heterocycles. The molecule has 3 rings (SSSR count). The minimum atomic E-state index is -3.29. The monoisotopic (exact) mass is 247 g/mol. The average molecular weight is 247 g/mol. The quantitative estimate of drug-likeness (QED) is 0.835. The second-order valence-corrected chi connectivity index (χ2v) is 6.05. The maximum absolute atomic E-state index is 11.7. The summed E-state index contributed by atoms with van der Waals surface area (Å²) in [6, 6.07) is 8.27. The third-order valence-corrected chi connectivity index (χ3v) is 4.05. The zero-order valence-electron chi connectivity index (χ0n) is 9.02. The molecule has 86 valence electrons. The first-order chi connectivity index (χ1) is 7.98. The first-order valence-electron chi connectivity index (χ1n) is 5.05. The SMILES string of the molecule is CS(=O)(=O)c1ccc2c3c(cccc13)C(=O)N2. The van der Waals surface area contributed by atoms with Gasteiger partial charge in [-0.3, -0.25) is 4.79 Å². The lowest BCUT2D eigenvalue weighted by Gasteiger charge is -2.05. The Bertz CT molecular complexity index is 763. The highest BCUT2D eigenvalue weighted by atomic mass is 32.2. The molecule has 5 heteroatoms. The Morgan fingerprint density at radius 1 is 1.12 bits per heavy atom. The largest absolute Gasteiger partial charge is 0.321 e. The lowest BCUT2D eigenvalue weighted by atomic mass is 10.1. The summed E-state index contributed by atoms with van der Waals surface area (Å²) in [7, 11) is -3.29. The van der Waals surface area contributed by atoms with Crippen LogP contribution in [0.1, 0.15) is 10.4 Å². The van der Waals surface area contributed by atoms with Crippen molar-refractivity contribution in [2.45, 2.75) is 4.90 Å². The summed E-state index contributed by atoms with van der Waals surface area (Å²) in [6.45, 7) is 0. The van der Waals surface area contributed by atoms with Crippen LogP contribution in [-0.4, -0.2) is 20.6 Å². The van der Waals surface area contributed by atoms with Crippen LogP contribution in [0, 0.1) is 0 Å². The van der Waals surface area contributed by atoms with Crippen LogP contribution in [0.3, 0.4) is 0 Å². The molecule has 0 spiro atoms. The van der Waals surface area contributed by atoms with Crippen molar-refractivity contribution in [1.82, 2.24) is 0 Å². The molecule has 1 heterocycles. The van der Waals surface area contributed by atoms with Gasteiger partial charge in [0.05, 0.1) is 4.90 Å². The van der Waals surface area contributed by atoms with Gasteiger partial charge in [0.25, 0.3) is 5.91 Å². The molecule has 2 aromatic carbocycles. The molecule has 0 atom stereocenters. The smallest absolute Gasteiger partial charge is 0.256 e. The molecule has 0 aromatic heterocycles. The maximum atomic E-state index is 11.7. The number of hydrogen-bond donors (Lipinski definition) is 1. The molecule has 17 heavy (non-hydrogen) atoms. The van der Waals surface area contributed by atoms with Crippen LogP contribution in [0.15, 0.2) is 35.2 Å². The fourth-order valence-electron chi connectivity index (χ4n) is 2.19. The van der Waals surface area contributed by atoms with E-state index in [9.17, 15) is 13.2 Å². The fourth-order valence-corrected chi connectivity index (χ4v) is 3.07. The summed E-state index contributed by atoms with van der Waals surface area (Å²) < 4.78 is 23.3. The molecule has 1 aliphatic rings. The van der Waals surface area contributed by atoms with E-state index in [2.05, 4.69) is 5.32 Å². The molecule has 0 bridgehead atoms. The lowest BCUT2D eigenvalue weighted by molar-refractivity contribution is 0.103. The van der Waals surface area contributed by atoms with Crippen molar-refractivity contribution in [2.75, 3.05) is 11.6 Å². The normalized spacial score (nSPS) is 14.1. The van der Waals surface area contributed by atoms with E-state index < -0.39 is 9.84 Å². The Kier molecular flexibility index (Phi) is 1.86. The Morgan fingerprint density at radius 3 is 2.59 bits per heavy atom. The molecular formula is C12H9NO3S. The zero-order chi connectivity index (χ0) is 12.2. The molecule has 0 saturated heterocycles. The standard InChI is InChI=1S/C12H9NO3S/c1-17(15,16)10-6-5-9-11-7(10)3-2-4-8(11)12(14)13-9/h2-6H,1H3,(H,13,14). The van der Waals surface area contributed by atoms with Crippen molar-refractivity contribution in [1.29, 1.82) is 0 Å². The van der Waals surface area contributed by atoms with Crippen molar-refractivity contribution in [3.05, 3.63) is 35.9 Å². The first-order valence-corrected chi connectivity index (χ1v) is 6.95. The van der Waals surface area contributed by atoms with Gasteiger partial charge >= 0.3 is 0 Å². The molecule has 4 nitrogen and oxygen atoms in total. The van der Waals surface area contributed by atoms with Crippen LogP contribution in [0.2, 0.25) is 0 Å². The number of sulfone groups is 1. The second kappa shape index (κ2) is 3.07. The van der Waals surface area contributed by atoms with Gasteiger partial charge < -0.3 is 5.32 Å². The van der Waals surface area contributed by atoms with Crippen LogP contribution in [-0.2, 0) is 9.84 Å². The second-order valence-electron chi connectivity index (χ2n) is 4.07. The Hall–Kier alpha value is -1.88. The first kappa shape index (κ1) is 10.3. The van der Waals surface area contributed by atoms with E-state index >= 15 is 0 Å². The highest BCUT2D eigenvalue weighted by Crippen LogP contribution is 2.36. The predicted octanol–water partition coefficient (Wildman–Crippen LogP) is 1.81. The summed E-state index contributed by atoms with van der Waals surface area (Å²) in [5.74, 6) is -0.184. The van der Waals surface area contributed by atoms with E-state index in [0.29, 0.717) is 22.0 Å². The molecule has 2 aromatic rings. The average Bonchev–Trinajstić information content (AvgIpc) is 2.57. The van der Waals surface area contributed by atoms with Gasteiger partial charge in [-0.25, -0.2) is 8.42 Å². The Balaban J connectivity index is 2.54. The lowest BCUT2D eigenvalue weighted by Crippen LogP contribution is -2.03. The van der Waals surface area contributed by atoms with Crippen LogP contribution >= 0.6 is 0 Å². The Morgan fingerprint density at radius 2 is 1.88 bits per heavy atom. The van der Waals surface area contributed by atoms with Crippen LogP contribution in [0.4, 0.5) is 5.69 Å². The number of carbonyl (C=O) groups excluding carboxylic acids is 1. The van der Waals surface area contributed by atoms with Gasteiger partial charge in [0.1, 0.15) is 0 Å². The molecule has 0 radical (unpaired) electrons. The minimum absolute atomic E-state index is 0.184. The summed E-state index contributed by atoms with van der Waals surface area (Å²) >= 11 is 0. The van der Waals surface area contributed by atoms with Crippen molar-refractivity contribution in [2.24, 2.45) is 0 Å². The molecule has 0 unspecified atom stereocenters. The molecule has 1 N–H and O–H groups in total. The number of nitrogens with one attached hydrogen (secondary N) is 1. The van der Waals surface area contributed by atoms with E-state index in [1.807, 2.05) is 0 Å². The van der Waals surface area contributed by atoms with Crippen molar-refractivity contribution < 1.29 is 13.2 Å². The Labute approximate surface area is 98.2 Å². The topological polar surface area (TPSA) is 63.2 Å². The third-order valence-electron chi connectivity index (χ3n) is 2.89. The van der Waals surface area contributed by atoms with E-state index in [4.69, 9.17) is 0 Å². The molecule has 0 fully saturated rings. The van der Waals surface area contributed by atoms with E-state index in [1.54, 1.807) is 24.3 Å². The van der Waals surface area contributed by atoms with Gasteiger partial charge in [-0.1, -0.05) is 12.1 Å². The summed E-state index contributed by atoms with van der Waals surface area (Å²) in [6.07, 6.45) is 1.17. The van der Waals surface area contributed by atoms with Crippen molar-refractivity contribution >= 4 is 32.2 Å². The highest BCUT2D eigenvalue weighted by molar-refractivity contribution is 7.91. The molecule has 0 saturated carbocycles. The minimum Gasteiger partial charge on any atom is -0.321 e. The molecule has 0 aliphatic carbocycles. The van der Waals surface area contributed by atoms with Crippen LogP contribution in [0.5, 0.6) is 0 Å². The number of benzene rings is 2. The number of rotatable bonds is 1. The number of carbonyl (C=O) groups is 1. The van der Waals surface area contributed by atoms with Gasteiger partial charge in [0, 0.05) is 28.3 Å². The molecule has 1 amide bonds. The van der Waals surface area contributed by atoms with E-state index in [0.717, 1.165) is 0 Å². The third kappa shape index (κ3) is 1.36.